The first-order valence-corrected chi connectivity index (χ1v) is 6.62. The quantitative estimate of drug-likeness (QED) is 0.687. The van der Waals surface area contributed by atoms with Crippen molar-refractivity contribution in [2.45, 2.75) is 6.92 Å². The third-order valence-electron chi connectivity index (χ3n) is 2.77. The van der Waals surface area contributed by atoms with Crippen LogP contribution in [0.1, 0.15) is 6.92 Å². The fourth-order valence-electron chi connectivity index (χ4n) is 1.86. The summed E-state index contributed by atoms with van der Waals surface area (Å²) in [6.45, 7) is 2.73. The van der Waals surface area contributed by atoms with E-state index in [0.29, 0.717) is 22.4 Å². The lowest BCUT2D eigenvalue weighted by Gasteiger charge is -2.10. The molecular weight excluding hydrogens is 276 g/mol. The second kappa shape index (κ2) is 5.34. The third-order valence-corrected chi connectivity index (χ3v) is 3.10. The van der Waals surface area contributed by atoms with Gasteiger partial charge in [0.15, 0.2) is 5.65 Å². The van der Waals surface area contributed by atoms with E-state index in [2.05, 4.69) is 30.8 Å². The fraction of sp³-hybridized carbons (Fsp3) is 0.154. The summed E-state index contributed by atoms with van der Waals surface area (Å²) in [6.07, 6.45) is 1.68. The number of aromatic nitrogens is 4. The molecule has 0 bridgehead atoms. The number of para-hydroxylation sites is 1. The highest BCUT2D eigenvalue weighted by atomic mass is 35.5. The normalized spacial score (nSPS) is 10.7. The molecule has 0 atom stereocenters. The molecule has 0 spiro atoms. The number of rotatable bonds is 4. The van der Waals surface area contributed by atoms with Crippen molar-refractivity contribution in [3.8, 4) is 0 Å². The molecule has 6 nitrogen and oxygen atoms in total. The Kier molecular flexibility index (Phi) is 3.39. The van der Waals surface area contributed by atoms with Crippen LogP contribution in [0.15, 0.2) is 30.5 Å². The minimum Gasteiger partial charge on any atom is -0.354 e. The molecule has 7 heteroatoms. The van der Waals surface area contributed by atoms with Gasteiger partial charge >= 0.3 is 0 Å². The van der Waals surface area contributed by atoms with Crippen molar-refractivity contribution >= 4 is 40.1 Å². The SMILES string of the molecule is CCNc1nc(Nc2ccccc2Cl)c2cn[nH]c2n1. The average molecular weight is 289 g/mol. The van der Waals surface area contributed by atoms with Crippen LogP contribution in [0, 0.1) is 0 Å². The number of fused-ring (bicyclic) bond motifs is 1. The molecule has 0 saturated heterocycles. The number of hydrogen-bond donors (Lipinski definition) is 3. The summed E-state index contributed by atoms with van der Waals surface area (Å²) in [5.74, 6) is 1.20. The molecule has 102 valence electrons. The predicted molar refractivity (Wildman–Crippen MR) is 80.6 cm³/mol. The monoisotopic (exact) mass is 288 g/mol. The van der Waals surface area contributed by atoms with Crippen LogP contribution in [-0.2, 0) is 0 Å². The largest absolute Gasteiger partial charge is 0.354 e. The van der Waals surface area contributed by atoms with E-state index in [0.717, 1.165) is 17.6 Å². The molecule has 3 rings (SSSR count). The van der Waals surface area contributed by atoms with Crippen LogP contribution >= 0.6 is 11.6 Å². The maximum atomic E-state index is 6.16. The molecule has 0 aliphatic carbocycles. The van der Waals surface area contributed by atoms with Crippen LogP contribution in [0.3, 0.4) is 0 Å². The van der Waals surface area contributed by atoms with E-state index in [9.17, 15) is 0 Å². The Morgan fingerprint density at radius 1 is 1.25 bits per heavy atom. The standard InChI is InChI=1S/C13H13ClN6/c1-2-15-13-18-11(8-7-16-20-12(8)19-13)17-10-6-4-3-5-9(10)14/h3-7H,2H2,1H3,(H3,15,16,17,18,19,20). The molecule has 3 N–H and O–H groups in total. The zero-order chi connectivity index (χ0) is 13.9. The van der Waals surface area contributed by atoms with E-state index in [1.54, 1.807) is 6.20 Å². The summed E-state index contributed by atoms with van der Waals surface area (Å²) < 4.78 is 0. The molecule has 3 aromatic rings. The van der Waals surface area contributed by atoms with Gasteiger partial charge in [-0.3, -0.25) is 5.10 Å². The van der Waals surface area contributed by atoms with Crippen molar-refractivity contribution < 1.29 is 0 Å². The van der Waals surface area contributed by atoms with Crippen molar-refractivity contribution in [1.29, 1.82) is 0 Å². The van der Waals surface area contributed by atoms with Crippen LogP contribution in [0.2, 0.25) is 5.02 Å². The van der Waals surface area contributed by atoms with Gasteiger partial charge < -0.3 is 10.6 Å². The Balaban J connectivity index is 2.05. The van der Waals surface area contributed by atoms with Crippen LogP contribution in [0.4, 0.5) is 17.5 Å². The molecule has 0 amide bonds. The van der Waals surface area contributed by atoms with Gasteiger partial charge in [0.25, 0.3) is 0 Å². The van der Waals surface area contributed by atoms with Crippen LogP contribution in [-0.4, -0.2) is 26.7 Å². The Bertz CT molecular complexity index is 739. The average Bonchev–Trinajstić information content (AvgIpc) is 2.90. The zero-order valence-corrected chi connectivity index (χ0v) is 11.6. The first kappa shape index (κ1) is 12.7. The van der Waals surface area contributed by atoms with E-state index in [-0.39, 0.29) is 0 Å². The molecular formula is C13H13ClN6. The first-order chi connectivity index (χ1) is 9.78. The van der Waals surface area contributed by atoms with E-state index in [1.807, 2.05) is 31.2 Å². The van der Waals surface area contributed by atoms with Gasteiger partial charge in [-0.15, -0.1) is 0 Å². The van der Waals surface area contributed by atoms with Gasteiger partial charge in [-0.2, -0.15) is 15.1 Å². The van der Waals surface area contributed by atoms with Gasteiger partial charge in [-0.1, -0.05) is 23.7 Å². The number of H-pyrrole nitrogens is 1. The van der Waals surface area contributed by atoms with E-state index in [1.165, 1.54) is 0 Å². The lowest BCUT2D eigenvalue weighted by molar-refractivity contribution is 1.07. The Morgan fingerprint density at radius 2 is 2.10 bits per heavy atom. The summed E-state index contributed by atoms with van der Waals surface area (Å²) in [7, 11) is 0. The van der Waals surface area contributed by atoms with Crippen LogP contribution in [0.5, 0.6) is 0 Å². The van der Waals surface area contributed by atoms with Crippen molar-refractivity contribution in [3.63, 3.8) is 0 Å². The predicted octanol–water partition coefficient (Wildman–Crippen LogP) is 3.18. The summed E-state index contributed by atoms with van der Waals surface area (Å²) >= 11 is 6.16. The Hall–Kier alpha value is -2.34. The Morgan fingerprint density at radius 3 is 2.90 bits per heavy atom. The summed E-state index contributed by atoms with van der Waals surface area (Å²) in [6, 6.07) is 7.50. The summed E-state index contributed by atoms with van der Waals surface area (Å²) in [5.41, 5.74) is 1.46. The van der Waals surface area contributed by atoms with Crippen molar-refractivity contribution in [2.75, 3.05) is 17.2 Å². The van der Waals surface area contributed by atoms with Gasteiger partial charge in [0.2, 0.25) is 5.95 Å². The molecule has 0 unspecified atom stereocenters. The smallest absolute Gasteiger partial charge is 0.226 e. The topological polar surface area (TPSA) is 78.5 Å². The minimum absolute atomic E-state index is 0.541. The van der Waals surface area contributed by atoms with Crippen LogP contribution in [0.25, 0.3) is 11.0 Å². The van der Waals surface area contributed by atoms with E-state index in [4.69, 9.17) is 11.6 Å². The fourth-order valence-corrected chi connectivity index (χ4v) is 2.04. The number of benzene rings is 1. The molecule has 0 fully saturated rings. The Labute approximate surface area is 120 Å². The molecule has 2 heterocycles. The maximum absolute atomic E-state index is 6.16. The van der Waals surface area contributed by atoms with Crippen molar-refractivity contribution in [3.05, 3.63) is 35.5 Å². The summed E-state index contributed by atoms with van der Waals surface area (Å²) in [5, 5.41) is 14.6. The number of aromatic amines is 1. The highest BCUT2D eigenvalue weighted by molar-refractivity contribution is 6.33. The molecule has 0 radical (unpaired) electrons. The van der Waals surface area contributed by atoms with E-state index >= 15 is 0 Å². The lowest BCUT2D eigenvalue weighted by Crippen LogP contribution is -2.05. The second-order valence-corrected chi connectivity index (χ2v) is 4.57. The highest BCUT2D eigenvalue weighted by Gasteiger charge is 2.10. The van der Waals surface area contributed by atoms with Gasteiger partial charge in [-0.05, 0) is 19.1 Å². The molecule has 0 aliphatic heterocycles. The minimum atomic E-state index is 0.541. The van der Waals surface area contributed by atoms with Gasteiger partial charge in [0.1, 0.15) is 5.82 Å². The van der Waals surface area contributed by atoms with Crippen molar-refractivity contribution in [1.82, 2.24) is 20.2 Å². The van der Waals surface area contributed by atoms with Gasteiger partial charge in [0, 0.05) is 6.54 Å². The summed E-state index contributed by atoms with van der Waals surface area (Å²) in [4.78, 5) is 8.78. The van der Waals surface area contributed by atoms with Gasteiger partial charge in [-0.25, -0.2) is 0 Å². The number of halogens is 1. The molecule has 1 aromatic carbocycles. The highest BCUT2D eigenvalue weighted by Crippen LogP contribution is 2.28. The first-order valence-electron chi connectivity index (χ1n) is 6.24. The number of nitrogens with zero attached hydrogens (tertiary/aromatic N) is 3. The number of anilines is 3. The second-order valence-electron chi connectivity index (χ2n) is 4.16. The van der Waals surface area contributed by atoms with E-state index < -0.39 is 0 Å². The molecule has 20 heavy (non-hydrogen) atoms. The lowest BCUT2D eigenvalue weighted by atomic mass is 10.3. The van der Waals surface area contributed by atoms with Crippen molar-refractivity contribution in [2.24, 2.45) is 0 Å². The third kappa shape index (κ3) is 2.37. The molecule has 0 aliphatic rings. The zero-order valence-electron chi connectivity index (χ0n) is 10.8. The number of hydrogen-bond acceptors (Lipinski definition) is 5. The number of nitrogens with one attached hydrogen (secondary N) is 3. The maximum Gasteiger partial charge on any atom is 0.226 e. The molecule has 0 saturated carbocycles. The molecule has 2 aromatic heterocycles. The van der Waals surface area contributed by atoms with Gasteiger partial charge in [0.05, 0.1) is 22.3 Å². The van der Waals surface area contributed by atoms with Crippen LogP contribution < -0.4 is 10.6 Å².